The lowest BCUT2D eigenvalue weighted by atomic mass is 10.1. The van der Waals surface area contributed by atoms with Gasteiger partial charge in [-0.3, -0.25) is 0 Å². The zero-order chi connectivity index (χ0) is 15.7. The van der Waals surface area contributed by atoms with Crippen LogP contribution in [0.2, 0.25) is 0 Å². The zero-order valence-electron chi connectivity index (χ0n) is 12.3. The highest BCUT2D eigenvalue weighted by Crippen LogP contribution is 2.24. The van der Waals surface area contributed by atoms with Crippen LogP contribution >= 0.6 is 7.51 Å². The molecule has 0 aromatic heterocycles. The van der Waals surface area contributed by atoms with Crippen LogP contribution in [-0.2, 0) is 11.8 Å². The van der Waals surface area contributed by atoms with E-state index in [9.17, 15) is 0 Å². The summed E-state index contributed by atoms with van der Waals surface area (Å²) in [5.41, 5.74) is 8.72. The Hall–Kier alpha value is -1.68. The van der Waals surface area contributed by atoms with Crippen molar-refractivity contribution in [3.63, 3.8) is 0 Å². The molecule has 6 nitrogen and oxygen atoms in total. The quantitative estimate of drug-likeness (QED) is 0.177. The summed E-state index contributed by atoms with van der Waals surface area (Å²) in [4.78, 5) is 2.86. The van der Waals surface area contributed by atoms with Gasteiger partial charge in [0.1, 0.15) is 13.3 Å². The predicted molar refractivity (Wildman–Crippen MR) is 89.2 cm³/mol. The number of ether oxygens (including phenoxy) is 1. The fourth-order valence-corrected chi connectivity index (χ4v) is 1.95. The SMILES string of the molecule is CCCC(C)(N=[N+]=[N-])Oc1ccc(/C=N/N(C)P=S)cc1. The molecule has 1 rings (SSSR count). The second-order valence-corrected chi connectivity index (χ2v) is 5.83. The number of rotatable bonds is 8. The molecule has 1 atom stereocenters. The lowest BCUT2D eigenvalue weighted by Gasteiger charge is -2.25. The van der Waals surface area contributed by atoms with E-state index in [1.807, 2.05) is 31.2 Å². The Morgan fingerprint density at radius 2 is 2.14 bits per heavy atom. The minimum Gasteiger partial charge on any atom is -0.481 e. The molecule has 0 saturated heterocycles. The summed E-state index contributed by atoms with van der Waals surface area (Å²) in [6, 6.07) is 7.42. The molecule has 0 heterocycles. The van der Waals surface area contributed by atoms with Gasteiger partial charge in [0.2, 0.25) is 0 Å². The lowest BCUT2D eigenvalue weighted by molar-refractivity contribution is 0.0857. The van der Waals surface area contributed by atoms with Crippen molar-refractivity contribution in [1.29, 1.82) is 0 Å². The van der Waals surface area contributed by atoms with Gasteiger partial charge >= 0.3 is 0 Å². The van der Waals surface area contributed by atoms with Crippen molar-refractivity contribution >= 4 is 25.5 Å². The molecule has 1 aromatic rings. The molecule has 1 unspecified atom stereocenters. The summed E-state index contributed by atoms with van der Waals surface area (Å²) in [5, 5.41) is 7.91. The van der Waals surface area contributed by atoms with Gasteiger partial charge in [-0.15, -0.1) is 0 Å². The van der Waals surface area contributed by atoms with Gasteiger partial charge in [0, 0.05) is 12.0 Å². The van der Waals surface area contributed by atoms with E-state index in [2.05, 4.69) is 15.1 Å². The van der Waals surface area contributed by atoms with Crippen LogP contribution in [-0.4, -0.2) is 23.8 Å². The molecule has 0 fully saturated rings. The Balaban J connectivity index is 2.80. The molecule has 0 aliphatic carbocycles. The van der Waals surface area contributed by atoms with E-state index in [1.54, 1.807) is 25.0 Å². The van der Waals surface area contributed by atoms with Crippen LogP contribution in [0.1, 0.15) is 32.3 Å². The molecule has 0 aliphatic rings. The minimum absolute atomic E-state index is 0.656. The normalized spacial score (nSPS) is 13.7. The molecule has 112 valence electrons. The zero-order valence-corrected chi connectivity index (χ0v) is 14.0. The number of hydrazone groups is 1. The monoisotopic (exact) mass is 323 g/mol. The highest BCUT2D eigenvalue weighted by molar-refractivity contribution is 7.95. The van der Waals surface area contributed by atoms with Gasteiger partial charge in [-0.1, -0.05) is 13.3 Å². The number of azide groups is 1. The van der Waals surface area contributed by atoms with Crippen LogP contribution in [0.15, 0.2) is 34.5 Å². The summed E-state index contributed by atoms with van der Waals surface area (Å²) in [5.74, 6) is 0.658. The standard InChI is InChI=1S/C13H18N5OPS/c1-4-9-13(2,16-17-14)19-12-7-5-11(6-8-12)10-15-18(3)20-21/h5-8,10H,4,9H2,1-3H3/b15-10+. The summed E-state index contributed by atoms with van der Waals surface area (Å²) in [6.45, 7) is 3.80. The first-order valence-corrected chi connectivity index (χ1v) is 8.35. The van der Waals surface area contributed by atoms with E-state index < -0.39 is 5.72 Å². The largest absolute Gasteiger partial charge is 0.481 e. The second-order valence-electron chi connectivity index (χ2n) is 4.60. The highest BCUT2D eigenvalue weighted by Gasteiger charge is 2.23. The maximum atomic E-state index is 8.64. The Morgan fingerprint density at radius 3 is 2.67 bits per heavy atom. The van der Waals surface area contributed by atoms with E-state index in [0.717, 1.165) is 12.0 Å². The van der Waals surface area contributed by atoms with Crippen LogP contribution in [0.4, 0.5) is 0 Å². The van der Waals surface area contributed by atoms with Crippen LogP contribution in [0.3, 0.4) is 0 Å². The van der Waals surface area contributed by atoms with E-state index in [-0.39, 0.29) is 0 Å². The van der Waals surface area contributed by atoms with E-state index in [4.69, 9.17) is 22.1 Å². The number of hydrogen-bond acceptors (Lipinski definition) is 4. The molecule has 0 amide bonds. The van der Waals surface area contributed by atoms with E-state index in [1.165, 1.54) is 0 Å². The number of nitrogens with zero attached hydrogens (tertiary/aromatic N) is 5. The van der Waals surface area contributed by atoms with Crippen LogP contribution < -0.4 is 4.74 Å². The summed E-state index contributed by atoms with van der Waals surface area (Å²) >= 11 is 4.84. The van der Waals surface area contributed by atoms with Gasteiger partial charge in [-0.2, -0.15) is 5.10 Å². The smallest absolute Gasteiger partial charge is 0.185 e. The van der Waals surface area contributed by atoms with Crippen LogP contribution in [0.25, 0.3) is 10.4 Å². The molecule has 0 spiro atoms. The van der Waals surface area contributed by atoms with Gasteiger partial charge < -0.3 is 4.74 Å². The van der Waals surface area contributed by atoms with Gasteiger partial charge in [0.15, 0.2) is 5.72 Å². The van der Waals surface area contributed by atoms with Crippen molar-refractivity contribution in [2.75, 3.05) is 7.05 Å². The fourth-order valence-electron chi connectivity index (χ4n) is 1.73. The average molecular weight is 323 g/mol. The molecule has 0 N–H and O–H groups in total. The third-order valence-electron chi connectivity index (χ3n) is 2.68. The Kier molecular flexibility index (Phi) is 7.09. The third-order valence-corrected chi connectivity index (χ3v) is 3.73. The maximum absolute atomic E-state index is 8.64. The second kappa shape index (κ2) is 8.57. The third kappa shape index (κ3) is 6.08. The topological polar surface area (TPSA) is 73.6 Å². The van der Waals surface area contributed by atoms with Crippen molar-refractivity contribution in [3.8, 4) is 5.75 Å². The summed E-state index contributed by atoms with van der Waals surface area (Å²) in [7, 11) is 2.47. The molecular weight excluding hydrogens is 305 g/mol. The molecule has 0 saturated carbocycles. The van der Waals surface area contributed by atoms with Gasteiger partial charge in [-0.05, 0) is 65.6 Å². The Morgan fingerprint density at radius 1 is 1.48 bits per heavy atom. The van der Waals surface area contributed by atoms with Crippen molar-refractivity contribution in [2.24, 2.45) is 10.2 Å². The Labute approximate surface area is 131 Å². The summed E-state index contributed by atoms with van der Waals surface area (Å²) < 4.78 is 7.43. The molecule has 1 aromatic carbocycles. The fraction of sp³-hybridized carbons (Fsp3) is 0.462. The number of hydrogen-bond donors (Lipinski definition) is 0. The maximum Gasteiger partial charge on any atom is 0.185 e. The van der Waals surface area contributed by atoms with E-state index >= 15 is 0 Å². The molecule has 0 bridgehead atoms. The van der Waals surface area contributed by atoms with Crippen molar-refractivity contribution in [2.45, 2.75) is 32.4 Å². The van der Waals surface area contributed by atoms with Crippen LogP contribution in [0.5, 0.6) is 5.75 Å². The molecule has 0 aliphatic heterocycles. The molecule has 21 heavy (non-hydrogen) atoms. The van der Waals surface area contributed by atoms with E-state index in [0.29, 0.717) is 19.7 Å². The van der Waals surface area contributed by atoms with Crippen molar-refractivity contribution in [3.05, 3.63) is 40.3 Å². The molecular formula is C13H18N5OPS. The van der Waals surface area contributed by atoms with Crippen molar-refractivity contribution in [1.82, 2.24) is 4.78 Å². The first-order chi connectivity index (χ1) is 10.0. The lowest BCUT2D eigenvalue weighted by Crippen LogP contribution is -2.28. The number of benzene rings is 1. The molecule has 8 heteroatoms. The van der Waals surface area contributed by atoms with Gasteiger partial charge in [-0.25, -0.2) is 4.78 Å². The summed E-state index contributed by atoms with van der Waals surface area (Å²) in [6.07, 6.45) is 3.25. The van der Waals surface area contributed by atoms with Crippen LogP contribution in [0, 0.1) is 0 Å². The Bertz CT molecular complexity index is 544. The average Bonchev–Trinajstić information content (AvgIpc) is 2.46. The highest BCUT2D eigenvalue weighted by atomic mass is 32.4. The van der Waals surface area contributed by atoms with Gasteiger partial charge in [0.25, 0.3) is 0 Å². The molecule has 0 radical (unpaired) electrons. The minimum atomic E-state index is -0.861. The first kappa shape index (κ1) is 17.4. The first-order valence-electron chi connectivity index (χ1n) is 6.49. The predicted octanol–water partition coefficient (Wildman–Crippen LogP) is 4.48. The van der Waals surface area contributed by atoms with Crippen molar-refractivity contribution < 1.29 is 4.74 Å². The van der Waals surface area contributed by atoms with Gasteiger partial charge in [0.05, 0.1) is 6.21 Å².